The molecule has 0 aliphatic carbocycles. The van der Waals surface area contributed by atoms with Gasteiger partial charge in [0.15, 0.2) is 0 Å². The quantitative estimate of drug-likeness (QED) is 0.341. The van der Waals surface area contributed by atoms with Gasteiger partial charge < -0.3 is 10.2 Å². The van der Waals surface area contributed by atoms with Gasteiger partial charge in [0.25, 0.3) is 15.9 Å². The zero-order valence-corrected chi connectivity index (χ0v) is 23.8. The number of benzene rings is 3. The van der Waals surface area contributed by atoms with Crippen LogP contribution in [-0.4, -0.2) is 54.5 Å². The Morgan fingerprint density at radius 1 is 0.975 bits per heavy atom. The zero-order valence-electron chi connectivity index (χ0n) is 22.3. The molecule has 4 rings (SSSR count). The van der Waals surface area contributed by atoms with Crippen LogP contribution in [0.4, 0.5) is 0 Å². The Hall–Kier alpha value is -3.69. The molecule has 1 atom stereocenters. The average Bonchev–Trinajstić information content (AvgIpc) is 3.15. The van der Waals surface area contributed by atoms with Crippen molar-refractivity contribution in [2.24, 2.45) is 0 Å². The van der Waals surface area contributed by atoms with Gasteiger partial charge in [-0.1, -0.05) is 79.2 Å². The number of carbonyl (C=O) groups excluding carboxylic acids is 3. The summed E-state index contributed by atoms with van der Waals surface area (Å²) in [6, 6.07) is 21.8. The van der Waals surface area contributed by atoms with E-state index in [-0.39, 0.29) is 48.2 Å². The highest BCUT2D eigenvalue weighted by Crippen LogP contribution is 2.30. The number of hydrogen-bond acceptors (Lipinski definition) is 5. The number of amides is 3. The fraction of sp³-hybridized carbons (Fsp3) is 0.300. The van der Waals surface area contributed by atoms with Crippen LogP contribution < -0.4 is 5.32 Å². The van der Waals surface area contributed by atoms with Gasteiger partial charge in [-0.05, 0) is 42.2 Å². The molecule has 0 radical (unpaired) electrons. The molecule has 1 aliphatic rings. The number of rotatable bonds is 12. The fourth-order valence-electron chi connectivity index (χ4n) is 4.70. The van der Waals surface area contributed by atoms with Crippen molar-refractivity contribution in [2.75, 3.05) is 13.1 Å². The van der Waals surface area contributed by atoms with Gasteiger partial charge in [-0.25, -0.2) is 12.7 Å². The van der Waals surface area contributed by atoms with Crippen LogP contribution in [0.3, 0.4) is 0 Å². The summed E-state index contributed by atoms with van der Waals surface area (Å²) in [5.74, 6) is -1.22. The van der Waals surface area contributed by atoms with Gasteiger partial charge in [-0.3, -0.25) is 14.4 Å². The van der Waals surface area contributed by atoms with Gasteiger partial charge in [0.05, 0.1) is 5.56 Å². The lowest BCUT2D eigenvalue weighted by atomic mass is 10.0. The van der Waals surface area contributed by atoms with E-state index in [1.165, 1.54) is 17.0 Å². The minimum atomic E-state index is -3.97. The standard InChI is InChI=1S/C30H32ClN3O5S/c1-2-18-32-29(36)26(20-22-11-4-3-5-12-22)33(21-23-13-6-8-15-25(23)31)28(35)17-10-19-34-30(37)24-14-7-9-16-27(24)40(34,38)39/h3-9,11-16,26H,2,10,17-21H2,1H3,(H,32,36). The number of sulfonamides is 1. The predicted molar refractivity (Wildman–Crippen MR) is 153 cm³/mol. The minimum Gasteiger partial charge on any atom is -0.354 e. The third-order valence-corrected chi connectivity index (χ3v) is 8.99. The molecule has 1 N–H and O–H groups in total. The Morgan fingerprint density at radius 2 is 1.65 bits per heavy atom. The first-order valence-corrected chi connectivity index (χ1v) is 15.1. The molecule has 0 saturated carbocycles. The summed E-state index contributed by atoms with van der Waals surface area (Å²) in [6.07, 6.45) is 1.07. The van der Waals surface area contributed by atoms with Crippen molar-refractivity contribution in [2.45, 2.75) is 50.1 Å². The van der Waals surface area contributed by atoms with E-state index in [4.69, 9.17) is 11.6 Å². The van der Waals surface area contributed by atoms with Gasteiger partial charge in [-0.15, -0.1) is 0 Å². The number of hydrogen-bond donors (Lipinski definition) is 1. The van der Waals surface area contributed by atoms with Crippen molar-refractivity contribution in [1.82, 2.24) is 14.5 Å². The first kappa shape index (κ1) is 29.3. The molecule has 0 fully saturated rings. The van der Waals surface area contributed by atoms with Gasteiger partial charge in [-0.2, -0.15) is 0 Å². The Morgan fingerprint density at radius 3 is 2.35 bits per heavy atom. The molecular formula is C30H32ClN3O5S. The Balaban J connectivity index is 1.56. The van der Waals surface area contributed by atoms with Gasteiger partial charge in [0.2, 0.25) is 11.8 Å². The molecular weight excluding hydrogens is 550 g/mol. The number of nitrogens with zero attached hydrogens (tertiary/aromatic N) is 2. The number of halogens is 1. The number of carbonyl (C=O) groups is 3. The van der Waals surface area contributed by atoms with Crippen LogP contribution in [0.2, 0.25) is 5.02 Å². The summed E-state index contributed by atoms with van der Waals surface area (Å²) in [5.41, 5.74) is 1.71. The molecule has 0 aromatic heterocycles. The topological polar surface area (TPSA) is 104 Å². The highest BCUT2D eigenvalue weighted by molar-refractivity contribution is 7.90. The Kier molecular flexibility index (Phi) is 9.60. The van der Waals surface area contributed by atoms with Crippen LogP contribution in [0.25, 0.3) is 0 Å². The van der Waals surface area contributed by atoms with Crippen LogP contribution in [-0.2, 0) is 32.6 Å². The Labute approximate surface area is 240 Å². The van der Waals surface area contributed by atoms with E-state index in [9.17, 15) is 22.8 Å². The van der Waals surface area contributed by atoms with Gasteiger partial charge in [0.1, 0.15) is 10.9 Å². The molecule has 3 aromatic rings. The van der Waals surface area contributed by atoms with Gasteiger partial charge >= 0.3 is 0 Å². The second-order valence-electron chi connectivity index (χ2n) is 9.59. The largest absolute Gasteiger partial charge is 0.354 e. The molecule has 1 unspecified atom stereocenters. The maximum Gasteiger partial charge on any atom is 0.269 e. The summed E-state index contributed by atoms with van der Waals surface area (Å²) in [4.78, 5) is 41.4. The predicted octanol–water partition coefficient (Wildman–Crippen LogP) is 4.43. The molecule has 3 amide bonds. The fourth-order valence-corrected chi connectivity index (χ4v) is 6.50. The highest BCUT2D eigenvalue weighted by Gasteiger charge is 2.40. The van der Waals surface area contributed by atoms with Crippen molar-refractivity contribution >= 4 is 39.3 Å². The van der Waals surface area contributed by atoms with Crippen LogP contribution in [0.15, 0.2) is 83.8 Å². The molecule has 0 spiro atoms. The molecule has 3 aromatic carbocycles. The summed E-state index contributed by atoms with van der Waals surface area (Å²) in [5, 5.41) is 3.39. The van der Waals surface area contributed by atoms with E-state index in [0.717, 1.165) is 16.3 Å². The van der Waals surface area contributed by atoms with E-state index in [2.05, 4.69) is 5.32 Å². The molecule has 1 aliphatic heterocycles. The summed E-state index contributed by atoms with van der Waals surface area (Å²) < 4.78 is 26.7. The van der Waals surface area contributed by atoms with Crippen molar-refractivity contribution in [3.05, 3.63) is 101 Å². The SMILES string of the molecule is CCCNC(=O)C(Cc1ccccc1)N(Cc1ccccc1Cl)C(=O)CCCN1C(=O)c2ccccc2S1(=O)=O. The monoisotopic (exact) mass is 581 g/mol. The number of fused-ring (bicyclic) bond motifs is 1. The van der Waals surface area contributed by atoms with E-state index in [1.807, 2.05) is 43.3 Å². The van der Waals surface area contributed by atoms with Crippen molar-refractivity contribution in [1.29, 1.82) is 0 Å². The second-order valence-corrected chi connectivity index (χ2v) is 11.8. The summed E-state index contributed by atoms with van der Waals surface area (Å²) >= 11 is 6.43. The molecule has 210 valence electrons. The Bertz CT molecular complexity index is 1480. The first-order valence-electron chi connectivity index (χ1n) is 13.2. The van der Waals surface area contributed by atoms with Crippen molar-refractivity contribution in [3.63, 3.8) is 0 Å². The van der Waals surface area contributed by atoms with E-state index in [1.54, 1.807) is 30.3 Å². The second kappa shape index (κ2) is 13.1. The molecule has 1 heterocycles. The smallest absolute Gasteiger partial charge is 0.269 e. The lowest BCUT2D eigenvalue weighted by molar-refractivity contribution is -0.141. The van der Waals surface area contributed by atoms with E-state index < -0.39 is 22.0 Å². The highest BCUT2D eigenvalue weighted by atomic mass is 35.5. The minimum absolute atomic E-state index is 0.0257. The molecule has 0 bridgehead atoms. The van der Waals surface area contributed by atoms with Crippen molar-refractivity contribution in [3.8, 4) is 0 Å². The maximum absolute atomic E-state index is 13.8. The molecule has 40 heavy (non-hydrogen) atoms. The maximum atomic E-state index is 13.8. The van der Waals surface area contributed by atoms with Crippen LogP contribution in [0.1, 0.15) is 47.7 Å². The first-order chi connectivity index (χ1) is 19.2. The van der Waals surface area contributed by atoms with Crippen LogP contribution in [0, 0.1) is 0 Å². The summed E-state index contributed by atoms with van der Waals surface area (Å²) in [7, 11) is -3.97. The van der Waals surface area contributed by atoms with Crippen LogP contribution >= 0.6 is 11.6 Å². The normalized spacial score (nSPS) is 14.4. The third kappa shape index (κ3) is 6.54. The van der Waals surface area contributed by atoms with Gasteiger partial charge in [0, 0.05) is 37.5 Å². The van der Waals surface area contributed by atoms with E-state index in [0.29, 0.717) is 23.6 Å². The average molecular weight is 582 g/mol. The number of nitrogens with one attached hydrogen (secondary N) is 1. The summed E-state index contributed by atoms with van der Waals surface area (Å²) in [6.45, 7) is 2.37. The molecule has 10 heteroatoms. The zero-order chi connectivity index (χ0) is 28.7. The lowest BCUT2D eigenvalue weighted by Gasteiger charge is -2.32. The molecule has 0 saturated heterocycles. The van der Waals surface area contributed by atoms with Crippen LogP contribution in [0.5, 0.6) is 0 Å². The molecule has 8 nitrogen and oxygen atoms in total. The van der Waals surface area contributed by atoms with Crippen molar-refractivity contribution < 1.29 is 22.8 Å². The third-order valence-electron chi connectivity index (χ3n) is 6.78. The van der Waals surface area contributed by atoms with E-state index >= 15 is 0 Å². The lowest BCUT2D eigenvalue weighted by Crippen LogP contribution is -2.50.